The minimum atomic E-state index is -0.234. The number of carbonyl (C=O) groups is 1. The number of para-hydroxylation sites is 1. The molecule has 0 saturated carbocycles. The summed E-state index contributed by atoms with van der Waals surface area (Å²) in [5.41, 5.74) is 6.77. The van der Waals surface area contributed by atoms with Crippen molar-refractivity contribution in [3.05, 3.63) is 109 Å². The zero-order chi connectivity index (χ0) is 26.2. The predicted molar refractivity (Wildman–Crippen MR) is 154 cm³/mol. The summed E-state index contributed by atoms with van der Waals surface area (Å²) in [5, 5.41) is 7.28. The number of benzene rings is 4. The zero-order valence-corrected chi connectivity index (χ0v) is 21.4. The molecule has 2 heterocycles. The van der Waals surface area contributed by atoms with Crippen molar-refractivity contribution in [1.29, 1.82) is 0 Å². The lowest BCUT2D eigenvalue weighted by atomic mass is 9.95. The number of fused-ring (bicyclic) bond motifs is 3. The number of hydrogen-bond acceptors (Lipinski definition) is 4. The van der Waals surface area contributed by atoms with Crippen molar-refractivity contribution in [3.63, 3.8) is 0 Å². The van der Waals surface area contributed by atoms with Gasteiger partial charge < -0.3 is 14.5 Å². The number of nitrogens with zero attached hydrogens (tertiary/aromatic N) is 1. The van der Waals surface area contributed by atoms with E-state index < -0.39 is 0 Å². The van der Waals surface area contributed by atoms with E-state index in [1.54, 1.807) is 25.6 Å². The third-order valence-corrected chi connectivity index (χ3v) is 6.97. The van der Waals surface area contributed by atoms with Crippen LogP contribution in [0.25, 0.3) is 49.3 Å². The number of anilines is 1. The number of hydrogen-bond donors (Lipinski definition) is 1. The number of carbonyl (C=O) groups excluding carboxylic acids is 1. The number of nitrogens with one attached hydrogen (secondary N) is 1. The quantitative estimate of drug-likeness (QED) is 0.244. The van der Waals surface area contributed by atoms with E-state index >= 15 is 0 Å². The summed E-state index contributed by atoms with van der Waals surface area (Å²) in [4.78, 5) is 17.5. The van der Waals surface area contributed by atoms with Crippen molar-refractivity contribution in [3.8, 4) is 16.9 Å². The number of aryl methyl sites for hydroxylation is 1. The molecule has 186 valence electrons. The molecule has 5 heteroatoms. The Morgan fingerprint density at radius 3 is 2.58 bits per heavy atom. The molecule has 2 aromatic heterocycles. The fraction of sp³-hybridized carbons (Fsp3) is 0.0909. The Morgan fingerprint density at radius 2 is 1.74 bits per heavy atom. The van der Waals surface area contributed by atoms with E-state index in [1.165, 1.54) is 10.8 Å². The molecule has 0 bridgehead atoms. The first kappa shape index (κ1) is 23.5. The highest BCUT2D eigenvalue weighted by atomic mass is 16.5. The Morgan fingerprint density at radius 1 is 0.947 bits per heavy atom. The monoisotopic (exact) mass is 498 g/mol. The molecule has 4 aromatic carbocycles. The van der Waals surface area contributed by atoms with Gasteiger partial charge in [-0.1, -0.05) is 54.6 Å². The second-order valence-electron chi connectivity index (χ2n) is 9.37. The first-order valence-corrected chi connectivity index (χ1v) is 12.4. The van der Waals surface area contributed by atoms with Crippen LogP contribution >= 0.6 is 0 Å². The fourth-order valence-electron chi connectivity index (χ4n) is 5.10. The average molecular weight is 499 g/mol. The van der Waals surface area contributed by atoms with Crippen molar-refractivity contribution < 1.29 is 13.9 Å². The van der Waals surface area contributed by atoms with Crippen LogP contribution in [0.3, 0.4) is 0 Å². The maximum Gasteiger partial charge on any atom is 0.248 e. The highest BCUT2D eigenvalue weighted by molar-refractivity contribution is 6.09. The molecule has 0 atom stereocenters. The second kappa shape index (κ2) is 9.52. The van der Waals surface area contributed by atoms with Gasteiger partial charge in [0.15, 0.2) is 0 Å². The maximum absolute atomic E-state index is 13.1. The molecule has 0 spiro atoms. The van der Waals surface area contributed by atoms with E-state index in [0.29, 0.717) is 11.4 Å². The van der Waals surface area contributed by atoms with Gasteiger partial charge in [-0.2, -0.15) is 0 Å². The number of aromatic nitrogens is 1. The van der Waals surface area contributed by atoms with Gasteiger partial charge in [0, 0.05) is 39.7 Å². The van der Waals surface area contributed by atoms with E-state index in [4.69, 9.17) is 9.15 Å². The Hall–Kier alpha value is -4.90. The van der Waals surface area contributed by atoms with Crippen molar-refractivity contribution in [2.45, 2.75) is 13.8 Å². The van der Waals surface area contributed by atoms with Crippen molar-refractivity contribution in [1.82, 2.24) is 4.98 Å². The summed E-state index contributed by atoms with van der Waals surface area (Å²) in [6.07, 6.45) is 5.12. The summed E-state index contributed by atoms with van der Waals surface area (Å²) < 4.78 is 11.8. The van der Waals surface area contributed by atoms with E-state index in [1.807, 2.05) is 62.4 Å². The zero-order valence-electron chi connectivity index (χ0n) is 21.4. The highest BCUT2D eigenvalue weighted by Gasteiger charge is 2.19. The molecule has 38 heavy (non-hydrogen) atoms. The third-order valence-electron chi connectivity index (χ3n) is 6.97. The Balaban J connectivity index is 1.41. The summed E-state index contributed by atoms with van der Waals surface area (Å²) in [7, 11) is 1.64. The number of ether oxygens (including phenoxy) is 1. The van der Waals surface area contributed by atoms with Crippen LogP contribution in [0.5, 0.6) is 5.75 Å². The van der Waals surface area contributed by atoms with Gasteiger partial charge in [0.2, 0.25) is 5.91 Å². The molecule has 0 aliphatic heterocycles. The Labute approximate surface area is 220 Å². The van der Waals surface area contributed by atoms with Gasteiger partial charge in [0.1, 0.15) is 11.3 Å². The number of methoxy groups -OCH3 is 1. The first-order chi connectivity index (χ1) is 18.5. The lowest BCUT2D eigenvalue weighted by Gasteiger charge is -2.13. The van der Waals surface area contributed by atoms with Gasteiger partial charge in [-0.25, -0.2) is 0 Å². The Bertz CT molecular complexity index is 1880. The van der Waals surface area contributed by atoms with E-state index in [-0.39, 0.29) is 5.91 Å². The largest absolute Gasteiger partial charge is 0.496 e. The van der Waals surface area contributed by atoms with Crippen molar-refractivity contribution in [2.75, 3.05) is 12.4 Å². The number of furan rings is 1. The van der Waals surface area contributed by atoms with Crippen LogP contribution in [0.15, 0.2) is 102 Å². The third kappa shape index (κ3) is 4.08. The van der Waals surface area contributed by atoms with Gasteiger partial charge in [-0.15, -0.1) is 0 Å². The molecule has 0 unspecified atom stereocenters. The van der Waals surface area contributed by atoms with Gasteiger partial charge in [0.05, 0.1) is 24.6 Å². The number of pyridine rings is 1. The molecular formula is C33H26N2O3. The highest BCUT2D eigenvalue weighted by Crippen LogP contribution is 2.41. The van der Waals surface area contributed by atoms with Crippen LogP contribution in [-0.4, -0.2) is 18.0 Å². The van der Waals surface area contributed by atoms with Crippen LogP contribution in [0.2, 0.25) is 0 Å². The molecular weight excluding hydrogens is 472 g/mol. The van der Waals surface area contributed by atoms with Crippen molar-refractivity contribution in [2.24, 2.45) is 0 Å². The molecule has 0 radical (unpaired) electrons. The van der Waals surface area contributed by atoms with Crippen LogP contribution in [-0.2, 0) is 4.79 Å². The number of amides is 1. The van der Waals surface area contributed by atoms with Crippen LogP contribution in [0, 0.1) is 6.92 Å². The Kier molecular flexibility index (Phi) is 5.89. The molecule has 5 nitrogen and oxygen atoms in total. The standard InChI is InChI=1S/C33H26N2O3/c1-20(16-30(36)35-29-12-6-10-23-11-7-15-34-31(23)29)26-18-27-28(19-38-33(27)21(2)32(26)37-3)25-14-13-22-8-4-5-9-24(22)17-25/h4-19H,1-3H3,(H,35,36)/b20-16+. The van der Waals surface area contributed by atoms with E-state index in [9.17, 15) is 4.79 Å². The molecule has 0 saturated heterocycles. The van der Waals surface area contributed by atoms with E-state index in [0.717, 1.165) is 49.7 Å². The lowest BCUT2D eigenvalue weighted by Crippen LogP contribution is -2.09. The summed E-state index contributed by atoms with van der Waals surface area (Å²) >= 11 is 0. The summed E-state index contributed by atoms with van der Waals surface area (Å²) in [6.45, 7) is 3.90. The minimum Gasteiger partial charge on any atom is -0.496 e. The molecule has 0 aliphatic carbocycles. The molecule has 0 fully saturated rings. The topological polar surface area (TPSA) is 64.4 Å². The van der Waals surface area contributed by atoms with E-state index in [2.05, 4.69) is 40.6 Å². The number of rotatable bonds is 5. The second-order valence-corrected chi connectivity index (χ2v) is 9.37. The van der Waals surface area contributed by atoms with Gasteiger partial charge in [0.25, 0.3) is 0 Å². The van der Waals surface area contributed by atoms with Gasteiger partial charge in [-0.05, 0) is 60.0 Å². The lowest BCUT2D eigenvalue weighted by molar-refractivity contribution is -0.111. The smallest absolute Gasteiger partial charge is 0.248 e. The molecule has 0 aliphatic rings. The molecule has 6 aromatic rings. The van der Waals surface area contributed by atoms with Crippen LogP contribution in [0.1, 0.15) is 18.1 Å². The molecule has 6 rings (SSSR count). The average Bonchev–Trinajstić information content (AvgIpc) is 3.37. The van der Waals surface area contributed by atoms with Gasteiger partial charge >= 0.3 is 0 Å². The van der Waals surface area contributed by atoms with Gasteiger partial charge in [-0.3, -0.25) is 9.78 Å². The minimum absolute atomic E-state index is 0.234. The SMILES string of the molecule is COc1c(/C(C)=C/C(=O)Nc2cccc3cccnc23)cc2c(-c3ccc4ccccc4c3)coc2c1C. The number of allylic oxidation sites excluding steroid dienone is 1. The fourth-order valence-corrected chi connectivity index (χ4v) is 5.10. The normalized spacial score (nSPS) is 11.8. The van der Waals surface area contributed by atoms with Crippen molar-refractivity contribution >= 4 is 49.8 Å². The maximum atomic E-state index is 13.1. The first-order valence-electron chi connectivity index (χ1n) is 12.4. The summed E-state index contributed by atoms with van der Waals surface area (Å²) in [6, 6.07) is 26.3. The van der Waals surface area contributed by atoms with Crippen LogP contribution < -0.4 is 10.1 Å². The predicted octanol–water partition coefficient (Wildman–Crippen LogP) is 8.16. The molecule has 1 amide bonds. The molecule has 1 N–H and O–H groups in total. The summed E-state index contributed by atoms with van der Waals surface area (Å²) in [5.74, 6) is 0.452. The van der Waals surface area contributed by atoms with Crippen LogP contribution in [0.4, 0.5) is 5.69 Å².